The van der Waals surface area contributed by atoms with E-state index in [1.807, 2.05) is 55.5 Å². The largest absolute Gasteiger partial charge is 0.491 e. The van der Waals surface area contributed by atoms with Crippen LogP contribution in [0.15, 0.2) is 54.6 Å². The van der Waals surface area contributed by atoms with Crippen LogP contribution in [0.25, 0.3) is 6.08 Å². The molecule has 0 aromatic heterocycles. The van der Waals surface area contributed by atoms with Crippen LogP contribution in [0.4, 0.5) is 5.69 Å². The number of benzene rings is 2. The molecule has 0 radical (unpaired) electrons. The van der Waals surface area contributed by atoms with E-state index < -0.39 is 0 Å². The van der Waals surface area contributed by atoms with Gasteiger partial charge in [0.2, 0.25) is 5.91 Å². The molecular formula is C19H21NO2. The highest BCUT2D eigenvalue weighted by Gasteiger charge is 2.06. The number of hydrogen-bond acceptors (Lipinski definition) is 2. The van der Waals surface area contributed by atoms with Gasteiger partial charge in [0.15, 0.2) is 0 Å². The van der Waals surface area contributed by atoms with Gasteiger partial charge in [-0.15, -0.1) is 0 Å². The first kappa shape index (κ1) is 15.8. The Morgan fingerprint density at radius 3 is 2.68 bits per heavy atom. The Bertz CT molecular complexity index is 648. The van der Waals surface area contributed by atoms with Crippen molar-refractivity contribution >= 4 is 17.7 Å². The van der Waals surface area contributed by atoms with Crippen molar-refractivity contribution in [3.05, 3.63) is 65.7 Å². The first-order valence-electron chi connectivity index (χ1n) is 7.46. The monoisotopic (exact) mass is 295 g/mol. The zero-order chi connectivity index (χ0) is 15.8. The van der Waals surface area contributed by atoms with Crippen molar-refractivity contribution < 1.29 is 9.53 Å². The van der Waals surface area contributed by atoms with Crippen LogP contribution < -0.4 is 10.1 Å². The number of hydrogen-bond donors (Lipinski definition) is 1. The SMILES string of the molecule is CCCOc1cc(C)ccc1NC(=O)C=Cc1ccccc1. The molecule has 0 spiro atoms. The predicted molar refractivity (Wildman–Crippen MR) is 91.1 cm³/mol. The first-order chi connectivity index (χ1) is 10.7. The second kappa shape index (κ2) is 8.03. The fourth-order valence-corrected chi connectivity index (χ4v) is 1.97. The molecule has 0 aliphatic carbocycles. The third kappa shape index (κ3) is 4.77. The van der Waals surface area contributed by atoms with Gasteiger partial charge < -0.3 is 10.1 Å². The lowest BCUT2D eigenvalue weighted by atomic mass is 10.2. The number of rotatable bonds is 6. The van der Waals surface area contributed by atoms with Gasteiger partial charge in [-0.3, -0.25) is 4.79 Å². The Morgan fingerprint density at radius 1 is 1.18 bits per heavy atom. The quantitative estimate of drug-likeness (QED) is 0.800. The number of carbonyl (C=O) groups excluding carboxylic acids is 1. The number of amides is 1. The minimum atomic E-state index is -0.172. The van der Waals surface area contributed by atoms with Crippen molar-refractivity contribution in [2.45, 2.75) is 20.3 Å². The van der Waals surface area contributed by atoms with Crippen molar-refractivity contribution in [1.82, 2.24) is 0 Å². The highest BCUT2D eigenvalue weighted by Crippen LogP contribution is 2.26. The molecule has 0 saturated heterocycles. The molecule has 0 bridgehead atoms. The average molecular weight is 295 g/mol. The van der Waals surface area contributed by atoms with Crippen LogP contribution in [0.3, 0.4) is 0 Å². The number of ether oxygens (including phenoxy) is 1. The van der Waals surface area contributed by atoms with E-state index >= 15 is 0 Å². The third-order valence-corrected chi connectivity index (χ3v) is 3.08. The van der Waals surface area contributed by atoms with Gasteiger partial charge >= 0.3 is 0 Å². The summed E-state index contributed by atoms with van der Waals surface area (Å²) < 4.78 is 5.69. The molecule has 0 heterocycles. The lowest BCUT2D eigenvalue weighted by Gasteiger charge is -2.12. The molecule has 0 unspecified atom stereocenters. The molecule has 2 aromatic rings. The Balaban J connectivity index is 2.06. The zero-order valence-corrected chi connectivity index (χ0v) is 13.0. The van der Waals surface area contributed by atoms with E-state index in [-0.39, 0.29) is 5.91 Å². The summed E-state index contributed by atoms with van der Waals surface area (Å²) in [6.45, 7) is 4.68. The number of nitrogens with one attached hydrogen (secondary N) is 1. The van der Waals surface area contributed by atoms with Crippen LogP contribution in [0.2, 0.25) is 0 Å². The van der Waals surface area contributed by atoms with Gasteiger partial charge in [-0.2, -0.15) is 0 Å². The van der Waals surface area contributed by atoms with Gasteiger partial charge in [-0.1, -0.05) is 43.3 Å². The summed E-state index contributed by atoms with van der Waals surface area (Å²) in [6, 6.07) is 15.5. The highest BCUT2D eigenvalue weighted by molar-refractivity contribution is 6.02. The van der Waals surface area contributed by atoms with Gasteiger partial charge in [0.1, 0.15) is 5.75 Å². The molecule has 114 valence electrons. The van der Waals surface area contributed by atoms with Crippen molar-refractivity contribution in [2.24, 2.45) is 0 Å². The second-order valence-corrected chi connectivity index (χ2v) is 5.08. The van der Waals surface area contributed by atoms with Crippen LogP contribution in [0.5, 0.6) is 5.75 Å². The van der Waals surface area contributed by atoms with Crippen LogP contribution in [0.1, 0.15) is 24.5 Å². The van der Waals surface area contributed by atoms with E-state index in [0.29, 0.717) is 18.0 Å². The Morgan fingerprint density at radius 2 is 1.95 bits per heavy atom. The average Bonchev–Trinajstić information content (AvgIpc) is 2.54. The molecule has 0 aliphatic heterocycles. The number of anilines is 1. The van der Waals surface area contributed by atoms with Crippen LogP contribution >= 0.6 is 0 Å². The maximum absolute atomic E-state index is 12.0. The second-order valence-electron chi connectivity index (χ2n) is 5.08. The van der Waals surface area contributed by atoms with Crippen LogP contribution in [-0.4, -0.2) is 12.5 Å². The fourth-order valence-electron chi connectivity index (χ4n) is 1.97. The fraction of sp³-hybridized carbons (Fsp3) is 0.211. The Hall–Kier alpha value is -2.55. The standard InChI is InChI=1S/C19H21NO2/c1-3-13-22-18-14-15(2)9-11-17(18)20-19(21)12-10-16-7-5-4-6-8-16/h4-12,14H,3,13H2,1-2H3,(H,20,21). The predicted octanol–water partition coefficient (Wildman–Crippen LogP) is 4.44. The molecule has 0 atom stereocenters. The van der Waals surface area contributed by atoms with Gasteiger partial charge in [0.05, 0.1) is 12.3 Å². The molecule has 2 aromatic carbocycles. The van der Waals surface area contributed by atoms with Crippen LogP contribution in [0, 0.1) is 6.92 Å². The molecule has 0 fully saturated rings. The van der Waals surface area contributed by atoms with Crippen molar-refractivity contribution in [1.29, 1.82) is 0 Å². The molecule has 1 N–H and O–H groups in total. The van der Waals surface area contributed by atoms with E-state index in [2.05, 4.69) is 12.2 Å². The van der Waals surface area contributed by atoms with Crippen LogP contribution in [-0.2, 0) is 4.79 Å². The Kier molecular flexibility index (Phi) is 5.78. The third-order valence-electron chi connectivity index (χ3n) is 3.08. The minimum absolute atomic E-state index is 0.172. The topological polar surface area (TPSA) is 38.3 Å². The van der Waals surface area contributed by atoms with Gasteiger partial charge in [-0.25, -0.2) is 0 Å². The van der Waals surface area contributed by atoms with Gasteiger partial charge in [0, 0.05) is 6.08 Å². The molecular weight excluding hydrogens is 274 g/mol. The summed E-state index contributed by atoms with van der Waals surface area (Å²) in [5.41, 5.74) is 2.79. The van der Waals surface area contributed by atoms with Crippen molar-refractivity contribution in [3.8, 4) is 5.75 Å². The van der Waals surface area contributed by atoms with Gasteiger partial charge in [-0.05, 0) is 42.7 Å². The molecule has 1 amide bonds. The number of aryl methyl sites for hydroxylation is 1. The normalized spacial score (nSPS) is 10.6. The van der Waals surface area contributed by atoms with E-state index in [0.717, 1.165) is 17.5 Å². The zero-order valence-electron chi connectivity index (χ0n) is 13.0. The summed E-state index contributed by atoms with van der Waals surface area (Å²) in [6.07, 6.45) is 4.24. The van der Waals surface area contributed by atoms with Crippen molar-refractivity contribution in [3.63, 3.8) is 0 Å². The van der Waals surface area contributed by atoms with Crippen molar-refractivity contribution in [2.75, 3.05) is 11.9 Å². The molecule has 3 nitrogen and oxygen atoms in total. The minimum Gasteiger partial charge on any atom is -0.491 e. The molecule has 22 heavy (non-hydrogen) atoms. The molecule has 3 heteroatoms. The maximum atomic E-state index is 12.0. The maximum Gasteiger partial charge on any atom is 0.248 e. The van der Waals surface area contributed by atoms with E-state index in [9.17, 15) is 4.79 Å². The van der Waals surface area contributed by atoms with E-state index in [4.69, 9.17) is 4.74 Å². The lowest BCUT2D eigenvalue weighted by Crippen LogP contribution is -2.10. The summed E-state index contributed by atoms with van der Waals surface area (Å²) in [4.78, 5) is 12.0. The summed E-state index contributed by atoms with van der Waals surface area (Å²) in [5.74, 6) is 0.539. The summed E-state index contributed by atoms with van der Waals surface area (Å²) >= 11 is 0. The smallest absolute Gasteiger partial charge is 0.248 e. The molecule has 0 aliphatic rings. The Labute approximate surface area is 131 Å². The number of carbonyl (C=O) groups is 1. The summed E-state index contributed by atoms with van der Waals surface area (Å²) in [7, 11) is 0. The van der Waals surface area contributed by atoms with Gasteiger partial charge in [0.25, 0.3) is 0 Å². The molecule has 2 rings (SSSR count). The first-order valence-corrected chi connectivity index (χ1v) is 7.46. The summed E-state index contributed by atoms with van der Waals surface area (Å²) in [5, 5.41) is 2.87. The lowest BCUT2D eigenvalue weighted by molar-refractivity contribution is -0.111. The van der Waals surface area contributed by atoms with E-state index in [1.165, 1.54) is 6.08 Å². The molecule has 0 saturated carbocycles. The highest BCUT2D eigenvalue weighted by atomic mass is 16.5. The van der Waals surface area contributed by atoms with E-state index in [1.54, 1.807) is 6.08 Å².